The van der Waals surface area contributed by atoms with Crippen molar-refractivity contribution in [3.8, 4) is 0 Å². The Balaban J connectivity index is 2.01. The molecule has 1 heterocycles. The maximum absolute atomic E-state index is 13.3. The van der Waals surface area contributed by atoms with Gasteiger partial charge in [-0.3, -0.25) is 4.79 Å². The molecule has 1 aliphatic carbocycles. The second-order valence-corrected chi connectivity index (χ2v) is 5.27. The molecule has 1 amide bonds. The van der Waals surface area contributed by atoms with Crippen LogP contribution in [0.15, 0.2) is 18.2 Å². The summed E-state index contributed by atoms with van der Waals surface area (Å²) in [4.78, 5) is 12.0. The van der Waals surface area contributed by atoms with Crippen LogP contribution in [0.2, 0.25) is 0 Å². The summed E-state index contributed by atoms with van der Waals surface area (Å²) in [5, 5.41) is 2.87. The van der Waals surface area contributed by atoms with Crippen molar-refractivity contribution < 1.29 is 9.18 Å². The fourth-order valence-electron chi connectivity index (χ4n) is 3.35. The maximum Gasteiger partial charge on any atom is 0.232 e. The second-order valence-electron chi connectivity index (χ2n) is 5.27. The molecular formula is C14H16FNO. The van der Waals surface area contributed by atoms with Crippen molar-refractivity contribution in [1.29, 1.82) is 0 Å². The number of rotatable bonds is 1. The van der Waals surface area contributed by atoms with E-state index in [-0.39, 0.29) is 17.6 Å². The van der Waals surface area contributed by atoms with E-state index < -0.39 is 0 Å². The molecule has 1 aromatic carbocycles. The van der Waals surface area contributed by atoms with E-state index in [4.69, 9.17) is 0 Å². The predicted octanol–water partition coefficient (Wildman–Crippen LogP) is 3.30. The molecule has 3 heteroatoms. The van der Waals surface area contributed by atoms with Crippen LogP contribution in [0.5, 0.6) is 0 Å². The summed E-state index contributed by atoms with van der Waals surface area (Å²) in [6.45, 7) is 2.20. The highest BCUT2D eigenvalue weighted by molar-refractivity contribution is 6.03. The Kier molecular flexibility index (Phi) is 2.42. The minimum atomic E-state index is -0.254. The van der Waals surface area contributed by atoms with Crippen molar-refractivity contribution in [2.24, 2.45) is 11.8 Å². The molecule has 0 aromatic heterocycles. The first kappa shape index (κ1) is 10.8. The van der Waals surface area contributed by atoms with Crippen LogP contribution >= 0.6 is 0 Å². The van der Waals surface area contributed by atoms with Crippen LogP contribution in [0.25, 0.3) is 0 Å². The van der Waals surface area contributed by atoms with Crippen LogP contribution in [0, 0.1) is 17.7 Å². The number of halogens is 1. The van der Waals surface area contributed by atoms with Crippen molar-refractivity contribution in [3.63, 3.8) is 0 Å². The van der Waals surface area contributed by atoms with Gasteiger partial charge in [0.05, 0.1) is 5.92 Å². The van der Waals surface area contributed by atoms with Gasteiger partial charge in [0.2, 0.25) is 5.91 Å². The van der Waals surface area contributed by atoms with Gasteiger partial charge in [-0.05, 0) is 42.0 Å². The molecule has 3 atom stereocenters. The molecular weight excluding hydrogens is 217 g/mol. The molecule has 0 radical (unpaired) electrons. The summed E-state index contributed by atoms with van der Waals surface area (Å²) in [7, 11) is 0. The van der Waals surface area contributed by atoms with Crippen LogP contribution in [0.1, 0.15) is 37.7 Å². The predicted molar refractivity (Wildman–Crippen MR) is 64.3 cm³/mol. The molecule has 0 saturated heterocycles. The number of carbonyl (C=O) groups is 1. The first-order chi connectivity index (χ1) is 8.16. The first-order valence-corrected chi connectivity index (χ1v) is 6.27. The Labute approximate surface area is 100 Å². The molecule has 17 heavy (non-hydrogen) atoms. The normalized spacial score (nSPS) is 31.4. The summed E-state index contributed by atoms with van der Waals surface area (Å²) < 4.78 is 13.3. The van der Waals surface area contributed by atoms with Gasteiger partial charge in [0.1, 0.15) is 5.82 Å². The number of carbonyl (C=O) groups excluding carboxylic acids is 1. The second kappa shape index (κ2) is 3.83. The van der Waals surface area contributed by atoms with E-state index >= 15 is 0 Å². The Bertz CT molecular complexity index is 471. The number of anilines is 1. The Morgan fingerprint density at radius 3 is 2.88 bits per heavy atom. The molecule has 3 rings (SSSR count). The minimum Gasteiger partial charge on any atom is -0.325 e. The monoisotopic (exact) mass is 233 g/mol. The minimum absolute atomic E-state index is 0.0457. The number of hydrogen-bond acceptors (Lipinski definition) is 1. The fourth-order valence-corrected chi connectivity index (χ4v) is 3.35. The lowest BCUT2D eigenvalue weighted by atomic mass is 9.81. The van der Waals surface area contributed by atoms with Gasteiger partial charge < -0.3 is 5.32 Å². The lowest BCUT2D eigenvalue weighted by Gasteiger charge is -2.21. The van der Waals surface area contributed by atoms with E-state index in [9.17, 15) is 9.18 Å². The number of fused-ring (bicyclic) bond motifs is 1. The third kappa shape index (κ3) is 1.65. The summed E-state index contributed by atoms with van der Waals surface area (Å²) >= 11 is 0. The summed E-state index contributed by atoms with van der Waals surface area (Å²) in [5.74, 6) is 0.580. The van der Waals surface area contributed by atoms with Crippen molar-refractivity contribution >= 4 is 11.6 Å². The summed E-state index contributed by atoms with van der Waals surface area (Å²) in [6.07, 6.45) is 3.44. The molecule has 3 unspecified atom stereocenters. The van der Waals surface area contributed by atoms with E-state index in [2.05, 4.69) is 12.2 Å². The van der Waals surface area contributed by atoms with Gasteiger partial charge in [0, 0.05) is 5.69 Å². The maximum atomic E-state index is 13.3. The zero-order chi connectivity index (χ0) is 12.0. The number of amides is 1. The fraction of sp³-hybridized carbons (Fsp3) is 0.500. The van der Waals surface area contributed by atoms with E-state index in [1.54, 1.807) is 6.07 Å². The molecule has 0 spiro atoms. The Morgan fingerprint density at radius 1 is 1.35 bits per heavy atom. The molecule has 90 valence electrons. The third-order valence-electron chi connectivity index (χ3n) is 4.24. The zero-order valence-electron chi connectivity index (χ0n) is 9.87. The largest absolute Gasteiger partial charge is 0.325 e. The standard InChI is InChI=1S/C14H16FNO/c1-8-3-2-4-10(8)13-11-7-9(15)5-6-12(11)16-14(13)17/h5-8,10,13H,2-4H2,1H3,(H,16,17). The van der Waals surface area contributed by atoms with E-state index in [1.165, 1.54) is 25.0 Å². The highest BCUT2D eigenvalue weighted by Gasteiger charge is 2.41. The van der Waals surface area contributed by atoms with Crippen molar-refractivity contribution in [1.82, 2.24) is 0 Å². The molecule has 1 fully saturated rings. The van der Waals surface area contributed by atoms with Crippen LogP contribution in [-0.2, 0) is 4.79 Å². The number of benzene rings is 1. The zero-order valence-corrected chi connectivity index (χ0v) is 9.87. The van der Waals surface area contributed by atoms with Crippen LogP contribution in [0.4, 0.5) is 10.1 Å². The molecule has 2 aliphatic rings. The van der Waals surface area contributed by atoms with Crippen molar-refractivity contribution in [2.75, 3.05) is 5.32 Å². The van der Waals surface area contributed by atoms with Crippen LogP contribution in [-0.4, -0.2) is 5.91 Å². The van der Waals surface area contributed by atoms with Gasteiger partial charge in [0.25, 0.3) is 0 Å². The molecule has 1 N–H and O–H groups in total. The van der Waals surface area contributed by atoms with Crippen LogP contribution in [0.3, 0.4) is 0 Å². The molecule has 1 aliphatic heterocycles. The van der Waals surface area contributed by atoms with Crippen LogP contribution < -0.4 is 5.32 Å². The molecule has 1 aromatic rings. The highest BCUT2D eigenvalue weighted by Crippen LogP contribution is 2.46. The summed E-state index contributed by atoms with van der Waals surface area (Å²) in [5.41, 5.74) is 1.65. The van der Waals surface area contributed by atoms with Gasteiger partial charge in [0.15, 0.2) is 0 Å². The van der Waals surface area contributed by atoms with Gasteiger partial charge in [-0.2, -0.15) is 0 Å². The average Bonchev–Trinajstić information content (AvgIpc) is 2.81. The lowest BCUT2D eigenvalue weighted by Crippen LogP contribution is -2.22. The Hall–Kier alpha value is -1.38. The first-order valence-electron chi connectivity index (χ1n) is 6.27. The quantitative estimate of drug-likeness (QED) is 0.792. The number of nitrogens with one attached hydrogen (secondary N) is 1. The molecule has 2 nitrogen and oxygen atoms in total. The van der Waals surface area contributed by atoms with E-state index in [1.807, 2.05) is 0 Å². The van der Waals surface area contributed by atoms with Gasteiger partial charge in [-0.25, -0.2) is 4.39 Å². The smallest absolute Gasteiger partial charge is 0.232 e. The topological polar surface area (TPSA) is 29.1 Å². The van der Waals surface area contributed by atoms with E-state index in [0.717, 1.165) is 17.7 Å². The van der Waals surface area contributed by atoms with Crippen molar-refractivity contribution in [2.45, 2.75) is 32.1 Å². The third-order valence-corrected chi connectivity index (χ3v) is 4.24. The number of hydrogen-bond donors (Lipinski definition) is 1. The van der Waals surface area contributed by atoms with Crippen molar-refractivity contribution in [3.05, 3.63) is 29.6 Å². The Morgan fingerprint density at radius 2 is 2.18 bits per heavy atom. The van der Waals surface area contributed by atoms with Gasteiger partial charge in [-0.1, -0.05) is 19.8 Å². The molecule has 1 saturated carbocycles. The SMILES string of the molecule is CC1CCCC1C1C(=O)Nc2ccc(F)cc21. The van der Waals surface area contributed by atoms with E-state index in [0.29, 0.717) is 11.8 Å². The highest BCUT2D eigenvalue weighted by atomic mass is 19.1. The molecule has 0 bridgehead atoms. The lowest BCUT2D eigenvalue weighted by molar-refractivity contribution is -0.118. The average molecular weight is 233 g/mol. The summed E-state index contributed by atoms with van der Waals surface area (Å²) in [6, 6.07) is 4.59. The van der Waals surface area contributed by atoms with Gasteiger partial charge >= 0.3 is 0 Å². The van der Waals surface area contributed by atoms with Gasteiger partial charge in [-0.15, -0.1) is 0 Å².